The molecule has 1 heterocycles. The van der Waals surface area contributed by atoms with Gasteiger partial charge in [-0.3, -0.25) is 0 Å². The van der Waals surface area contributed by atoms with E-state index in [9.17, 15) is 0 Å². The van der Waals surface area contributed by atoms with Crippen molar-refractivity contribution in [3.8, 4) is 5.88 Å². The molecule has 0 aliphatic rings. The lowest BCUT2D eigenvalue weighted by atomic mass is 10.1. The van der Waals surface area contributed by atoms with Gasteiger partial charge in [-0.25, -0.2) is 4.98 Å². The molecule has 0 saturated heterocycles. The predicted molar refractivity (Wildman–Crippen MR) is 74.9 cm³/mol. The van der Waals surface area contributed by atoms with Gasteiger partial charge in [0, 0.05) is 10.9 Å². The number of rotatable bonds is 3. The van der Waals surface area contributed by atoms with Crippen LogP contribution in [0.3, 0.4) is 0 Å². The molecule has 0 aliphatic carbocycles. The van der Waals surface area contributed by atoms with E-state index < -0.39 is 0 Å². The molecule has 2 aromatic rings. The van der Waals surface area contributed by atoms with Crippen LogP contribution in [0.4, 0.5) is 0 Å². The van der Waals surface area contributed by atoms with Crippen LogP contribution >= 0.6 is 0 Å². The molecule has 3 nitrogen and oxygen atoms in total. The van der Waals surface area contributed by atoms with E-state index in [2.05, 4.69) is 18.0 Å². The van der Waals surface area contributed by atoms with Crippen molar-refractivity contribution in [1.29, 1.82) is 0 Å². The van der Waals surface area contributed by atoms with Crippen LogP contribution in [0.2, 0.25) is 0 Å². The Morgan fingerprint density at radius 3 is 2.50 bits per heavy atom. The molecule has 0 unspecified atom stereocenters. The number of fused-ring (bicyclic) bond motifs is 1. The average molecular weight is 247 g/mol. The summed E-state index contributed by atoms with van der Waals surface area (Å²) in [5, 5.41) is 10.1. The highest BCUT2D eigenvalue weighted by Crippen LogP contribution is 2.23. The fourth-order valence-corrected chi connectivity index (χ4v) is 1.77. The lowest BCUT2D eigenvalue weighted by Gasteiger charge is -2.08. The van der Waals surface area contributed by atoms with Gasteiger partial charge >= 0.3 is 0 Å². The van der Waals surface area contributed by atoms with Crippen LogP contribution in [0, 0.1) is 0 Å². The van der Waals surface area contributed by atoms with Gasteiger partial charge in [-0.2, -0.15) is 0 Å². The zero-order valence-corrected chi connectivity index (χ0v) is 11.5. The number of ether oxygens (including phenoxy) is 1. The molecule has 0 spiro atoms. The van der Waals surface area contributed by atoms with Gasteiger partial charge in [0.25, 0.3) is 0 Å². The van der Waals surface area contributed by atoms with Crippen LogP contribution in [0.25, 0.3) is 10.9 Å². The van der Waals surface area contributed by atoms with E-state index in [1.54, 1.807) is 7.11 Å². The molecular formula is C15H21NO2. The summed E-state index contributed by atoms with van der Waals surface area (Å²) >= 11 is 0. The van der Waals surface area contributed by atoms with Gasteiger partial charge < -0.3 is 9.84 Å². The van der Waals surface area contributed by atoms with E-state index in [0.29, 0.717) is 5.88 Å². The number of aliphatic hydroxyl groups is 1. The average Bonchev–Trinajstić information content (AvgIpc) is 2.47. The highest BCUT2D eigenvalue weighted by Gasteiger charge is 2.06. The van der Waals surface area contributed by atoms with Crippen molar-refractivity contribution in [3.63, 3.8) is 0 Å². The van der Waals surface area contributed by atoms with Crippen LogP contribution in [0.1, 0.15) is 31.9 Å². The third-order valence-electron chi connectivity index (χ3n) is 2.68. The van der Waals surface area contributed by atoms with Gasteiger partial charge in [0.2, 0.25) is 5.88 Å². The molecule has 3 heteroatoms. The second-order valence-corrected chi connectivity index (χ2v) is 3.70. The Morgan fingerprint density at radius 1 is 1.22 bits per heavy atom. The minimum absolute atomic E-state index is 0.0372. The Balaban J connectivity index is 0.000000771. The Labute approximate surface area is 108 Å². The largest absolute Gasteiger partial charge is 0.481 e. The van der Waals surface area contributed by atoms with Gasteiger partial charge in [-0.05, 0) is 24.1 Å². The maximum absolute atomic E-state index is 9.07. The Kier molecular flexibility index (Phi) is 5.59. The zero-order chi connectivity index (χ0) is 13.5. The first-order valence-electron chi connectivity index (χ1n) is 6.36. The third kappa shape index (κ3) is 2.99. The number of pyridine rings is 1. The topological polar surface area (TPSA) is 42.4 Å². The lowest BCUT2D eigenvalue weighted by Crippen LogP contribution is -1.95. The molecule has 2 rings (SSSR count). The standard InChI is InChI=1S/C13H15NO2.C2H6/c1-3-10-7-11-5-4-9(8-15)6-12(11)14-13(10)16-2;1-2/h4-7,15H,3,8H2,1-2H3;1-2H3. The second-order valence-electron chi connectivity index (χ2n) is 3.70. The predicted octanol–water partition coefficient (Wildman–Crippen LogP) is 3.32. The van der Waals surface area contributed by atoms with E-state index in [0.717, 1.165) is 28.5 Å². The van der Waals surface area contributed by atoms with Crippen LogP contribution in [-0.2, 0) is 13.0 Å². The Hall–Kier alpha value is -1.61. The normalized spacial score (nSPS) is 9.83. The molecule has 0 amide bonds. The van der Waals surface area contributed by atoms with Crippen molar-refractivity contribution in [2.45, 2.75) is 33.8 Å². The summed E-state index contributed by atoms with van der Waals surface area (Å²) in [5.41, 5.74) is 2.83. The van der Waals surface area contributed by atoms with Crippen LogP contribution in [0.5, 0.6) is 5.88 Å². The number of methoxy groups -OCH3 is 1. The molecule has 0 bridgehead atoms. The summed E-state index contributed by atoms with van der Waals surface area (Å²) < 4.78 is 5.24. The molecule has 0 fully saturated rings. The molecule has 1 aromatic heterocycles. The Bertz CT molecular complexity index is 509. The van der Waals surface area contributed by atoms with E-state index in [1.807, 2.05) is 32.0 Å². The molecule has 98 valence electrons. The third-order valence-corrected chi connectivity index (χ3v) is 2.68. The van der Waals surface area contributed by atoms with Crippen molar-refractivity contribution >= 4 is 10.9 Å². The minimum atomic E-state index is 0.0372. The van der Waals surface area contributed by atoms with Gasteiger partial charge in [0.1, 0.15) is 0 Å². The summed E-state index contributed by atoms with van der Waals surface area (Å²) in [6.45, 7) is 6.11. The zero-order valence-electron chi connectivity index (χ0n) is 11.5. The molecule has 18 heavy (non-hydrogen) atoms. The summed E-state index contributed by atoms with van der Waals surface area (Å²) in [4.78, 5) is 4.44. The number of hydrogen-bond acceptors (Lipinski definition) is 3. The number of aryl methyl sites for hydroxylation is 1. The number of hydrogen-bond donors (Lipinski definition) is 1. The Morgan fingerprint density at radius 2 is 1.94 bits per heavy atom. The fourth-order valence-electron chi connectivity index (χ4n) is 1.77. The van der Waals surface area contributed by atoms with Crippen LogP contribution in [0.15, 0.2) is 24.3 Å². The maximum Gasteiger partial charge on any atom is 0.216 e. The van der Waals surface area contributed by atoms with Crippen molar-refractivity contribution < 1.29 is 9.84 Å². The van der Waals surface area contributed by atoms with Crippen molar-refractivity contribution in [2.75, 3.05) is 7.11 Å². The summed E-state index contributed by atoms with van der Waals surface area (Å²) in [5.74, 6) is 0.671. The second kappa shape index (κ2) is 6.97. The molecule has 1 aromatic carbocycles. The lowest BCUT2D eigenvalue weighted by molar-refractivity contribution is 0.282. The first-order chi connectivity index (χ1) is 8.78. The van der Waals surface area contributed by atoms with E-state index in [-0.39, 0.29) is 6.61 Å². The van der Waals surface area contributed by atoms with Gasteiger partial charge in [0.05, 0.1) is 19.2 Å². The first kappa shape index (κ1) is 14.5. The number of aromatic nitrogens is 1. The molecule has 0 aliphatic heterocycles. The van der Waals surface area contributed by atoms with Crippen molar-refractivity contribution in [2.24, 2.45) is 0 Å². The SMILES string of the molecule is CC.CCc1cc2ccc(CO)cc2nc1OC. The van der Waals surface area contributed by atoms with Crippen LogP contribution < -0.4 is 4.74 Å². The number of nitrogens with zero attached hydrogens (tertiary/aromatic N) is 1. The highest BCUT2D eigenvalue weighted by atomic mass is 16.5. The summed E-state index contributed by atoms with van der Waals surface area (Å²) in [6.07, 6.45) is 0.897. The minimum Gasteiger partial charge on any atom is -0.481 e. The number of aliphatic hydroxyl groups excluding tert-OH is 1. The molecule has 0 atom stereocenters. The van der Waals surface area contributed by atoms with Crippen LogP contribution in [-0.4, -0.2) is 17.2 Å². The maximum atomic E-state index is 9.07. The van der Waals surface area contributed by atoms with Gasteiger partial charge in [-0.15, -0.1) is 0 Å². The van der Waals surface area contributed by atoms with Gasteiger partial charge in [-0.1, -0.05) is 32.9 Å². The monoisotopic (exact) mass is 247 g/mol. The quantitative estimate of drug-likeness (QED) is 0.904. The van der Waals surface area contributed by atoms with Gasteiger partial charge in [0.15, 0.2) is 0 Å². The summed E-state index contributed by atoms with van der Waals surface area (Å²) in [6, 6.07) is 7.86. The van der Waals surface area contributed by atoms with E-state index in [4.69, 9.17) is 9.84 Å². The van der Waals surface area contributed by atoms with E-state index in [1.165, 1.54) is 0 Å². The van der Waals surface area contributed by atoms with Crippen molar-refractivity contribution in [1.82, 2.24) is 4.98 Å². The fraction of sp³-hybridized carbons (Fsp3) is 0.400. The first-order valence-corrected chi connectivity index (χ1v) is 6.36. The van der Waals surface area contributed by atoms with Crippen molar-refractivity contribution in [3.05, 3.63) is 35.4 Å². The number of benzene rings is 1. The summed E-state index contributed by atoms with van der Waals surface area (Å²) in [7, 11) is 1.63. The highest BCUT2D eigenvalue weighted by molar-refractivity contribution is 5.80. The van der Waals surface area contributed by atoms with E-state index >= 15 is 0 Å². The molecule has 0 radical (unpaired) electrons. The molecule has 0 saturated carbocycles. The molecular weight excluding hydrogens is 226 g/mol. The smallest absolute Gasteiger partial charge is 0.216 e. The molecule has 1 N–H and O–H groups in total.